The first-order valence-corrected chi connectivity index (χ1v) is 9.58. The first kappa shape index (κ1) is 17.6. The fourth-order valence-corrected chi connectivity index (χ4v) is 3.95. The van der Waals surface area contributed by atoms with Crippen molar-refractivity contribution in [2.24, 2.45) is 0 Å². The highest BCUT2D eigenvalue weighted by Crippen LogP contribution is 2.46. The van der Waals surface area contributed by atoms with Crippen LogP contribution in [0.15, 0.2) is 78.9 Å². The van der Waals surface area contributed by atoms with Gasteiger partial charge in [-0.1, -0.05) is 48.5 Å². The van der Waals surface area contributed by atoms with Crippen molar-refractivity contribution in [2.75, 3.05) is 14.2 Å². The lowest BCUT2D eigenvalue weighted by Gasteiger charge is -2.38. The number of rotatable bonds is 4. The molecule has 5 rings (SSSR count). The smallest absolute Gasteiger partial charge is 0.195 e. The highest BCUT2D eigenvalue weighted by molar-refractivity contribution is 5.72. The van der Waals surface area contributed by atoms with E-state index in [1.54, 1.807) is 14.2 Å². The van der Waals surface area contributed by atoms with Gasteiger partial charge in [-0.3, -0.25) is 0 Å². The zero-order valence-electron chi connectivity index (χ0n) is 16.3. The van der Waals surface area contributed by atoms with Gasteiger partial charge in [0.2, 0.25) is 0 Å². The van der Waals surface area contributed by atoms with E-state index in [2.05, 4.69) is 34.7 Å². The van der Waals surface area contributed by atoms with Gasteiger partial charge in [0.15, 0.2) is 6.23 Å². The molecule has 0 amide bonds. The van der Waals surface area contributed by atoms with Gasteiger partial charge in [-0.05, 0) is 24.3 Å². The van der Waals surface area contributed by atoms with Gasteiger partial charge in [0.05, 0.1) is 26.0 Å². The van der Waals surface area contributed by atoms with Crippen LogP contribution in [0, 0.1) is 0 Å². The van der Waals surface area contributed by atoms with E-state index in [4.69, 9.17) is 14.2 Å². The van der Waals surface area contributed by atoms with Crippen molar-refractivity contribution in [1.82, 2.24) is 10.4 Å². The van der Waals surface area contributed by atoms with Crippen LogP contribution >= 0.6 is 0 Å². The largest absolute Gasteiger partial charge is 0.497 e. The van der Waals surface area contributed by atoms with Crippen molar-refractivity contribution in [3.63, 3.8) is 0 Å². The van der Waals surface area contributed by atoms with Crippen LogP contribution in [-0.2, 0) is 0 Å². The van der Waals surface area contributed by atoms with Gasteiger partial charge < -0.3 is 19.6 Å². The molecule has 0 spiro atoms. The van der Waals surface area contributed by atoms with E-state index < -0.39 is 0 Å². The number of methoxy groups -OCH3 is 2. The lowest BCUT2D eigenvalue weighted by Crippen LogP contribution is -2.43. The van der Waals surface area contributed by atoms with Crippen molar-refractivity contribution in [1.29, 1.82) is 0 Å². The predicted molar refractivity (Wildman–Crippen MR) is 111 cm³/mol. The number of hydrogen-bond acceptors (Lipinski definition) is 5. The molecule has 3 aromatic rings. The van der Waals surface area contributed by atoms with E-state index in [1.807, 2.05) is 54.6 Å². The number of benzene rings is 3. The summed E-state index contributed by atoms with van der Waals surface area (Å²) in [5.41, 5.74) is 7.75. The molecule has 1 N–H and O–H groups in total. The minimum Gasteiger partial charge on any atom is -0.497 e. The van der Waals surface area contributed by atoms with Gasteiger partial charge in [0.25, 0.3) is 0 Å². The van der Waals surface area contributed by atoms with E-state index in [-0.39, 0.29) is 12.3 Å². The molecular formula is C24H22N2O3. The molecule has 2 heterocycles. The second kappa shape index (κ2) is 7.18. The summed E-state index contributed by atoms with van der Waals surface area (Å²) in [6.07, 6.45) is 1.98. The first-order valence-electron chi connectivity index (χ1n) is 9.58. The molecule has 0 radical (unpaired) electrons. The number of hydrogen-bond donors (Lipinski definition) is 1. The molecule has 0 aromatic heterocycles. The van der Waals surface area contributed by atoms with Gasteiger partial charge in [-0.15, -0.1) is 0 Å². The van der Waals surface area contributed by atoms with E-state index in [0.29, 0.717) is 0 Å². The predicted octanol–water partition coefficient (Wildman–Crippen LogP) is 4.70. The number of hydrazine groups is 1. The van der Waals surface area contributed by atoms with E-state index in [1.165, 1.54) is 0 Å². The van der Waals surface area contributed by atoms with Crippen molar-refractivity contribution in [3.05, 3.63) is 95.6 Å². The topological polar surface area (TPSA) is 43.0 Å². The third kappa shape index (κ3) is 3.00. The maximum atomic E-state index is 6.39. The summed E-state index contributed by atoms with van der Waals surface area (Å²) in [5.74, 6) is 2.43. The highest BCUT2D eigenvalue weighted by atomic mass is 16.5. The van der Waals surface area contributed by atoms with E-state index in [9.17, 15) is 0 Å². The summed E-state index contributed by atoms with van der Waals surface area (Å²) in [4.78, 5) is 0. The third-order valence-corrected chi connectivity index (χ3v) is 5.39. The monoisotopic (exact) mass is 386 g/mol. The van der Waals surface area contributed by atoms with Crippen LogP contribution in [0.1, 0.15) is 29.0 Å². The molecule has 2 aliphatic rings. The Hall–Kier alpha value is -3.44. The molecule has 0 bridgehead atoms. The van der Waals surface area contributed by atoms with Crippen molar-refractivity contribution in [3.8, 4) is 17.2 Å². The molecule has 29 heavy (non-hydrogen) atoms. The Bertz CT molecular complexity index is 1060. The van der Waals surface area contributed by atoms with Crippen LogP contribution in [0.3, 0.4) is 0 Å². The number of nitrogens with one attached hydrogen (secondary N) is 1. The van der Waals surface area contributed by atoms with Gasteiger partial charge in [0.1, 0.15) is 17.2 Å². The molecule has 146 valence electrons. The highest BCUT2D eigenvalue weighted by Gasteiger charge is 2.40. The van der Waals surface area contributed by atoms with Gasteiger partial charge in [0, 0.05) is 22.8 Å². The summed E-state index contributed by atoms with van der Waals surface area (Å²) in [6, 6.07) is 24.4. The van der Waals surface area contributed by atoms with Crippen LogP contribution in [0.25, 0.3) is 5.70 Å². The Labute approximate surface area is 170 Å². The van der Waals surface area contributed by atoms with Gasteiger partial charge in [-0.25, -0.2) is 0 Å². The minimum absolute atomic E-state index is 0.0481. The fraction of sp³-hybridized carbons (Fsp3) is 0.167. The molecule has 0 fully saturated rings. The summed E-state index contributed by atoms with van der Waals surface area (Å²) in [7, 11) is 3.33. The van der Waals surface area contributed by atoms with Crippen molar-refractivity contribution in [2.45, 2.75) is 12.3 Å². The maximum Gasteiger partial charge on any atom is 0.195 e. The van der Waals surface area contributed by atoms with Crippen LogP contribution in [0.4, 0.5) is 0 Å². The Morgan fingerprint density at radius 3 is 2.48 bits per heavy atom. The average Bonchev–Trinajstić information content (AvgIpc) is 3.24. The average molecular weight is 386 g/mol. The zero-order valence-corrected chi connectivity index (χ0v) is 16.3. The van der Waals surface area contributed by atoms with Crippen LogP contribution in [0.2, 0.25) is 0 Å². The standard InChI is InChI=1S/C24H22N2O3/c1-27-17-12-13-18(23(14-17)28-2)20-15-21-19-10-6-7-11-22(19)29-24(26(21)25-20)16-8-4-3-5-9-16/h3-15,21,24-25H,1-2H3/t21-,24+/m1/s1. The second-order valence-corrected chi connectivity index (χ2v) is 7.03. The summed E-state index contributed by atoms with van der Waals surface area (Å²) < 4.78 is 17.4. The first-order chi connectivity index (χ1) is 14.3. The summed E-state index contributed by atoms with van der Waals surface area (Å²) >= 11 is 0. The van der Waals surface area contributed by atoms with Crippen LogP contribution in [-0.4, -0.2) is 19.2 Å². The Kier molecular flexibility index (Phi) is 4.37. The lowest BCUT2D eigenvalue weighted by molar-refractivity contribution is -0.0326. The molecule has 0 saturated carbocycles. The quantitative estimate of drug-likeness (QED) is 0.704. The molecule has 5 heteroatoms. The molecule has 0 saturated heterocycles. The maximum absolute atomic E-state index is 6.39. The molecule has 5 nitrogen and oxygen atoms in total. The van der Waals surface area contributed by atoms with Crippen molar-refractivity contribution >= 4 is 5.70 Å². The number of ether oxygens (including phenoxy) is 3. The Morgan fingerprint density at radius 1 is 0.897 bits per heavy atom. The summed E-state index contributed by atoms with van der Waals surface area (Å²) in [5, 5.41) is 2.15. The van der Waals surface area contributed by atoms with Gasteiger partial charge in [-0.2, -0.15) is 5.01 Å². The Morgan fingerprint density at radius 2 is 1.69 bits per heavy atom. The fourth-order valence-electron chi connectivity index (χ4n) is 3.95. The molecule has 0 unspecified atom stereocenters. The lowest BCUT2D eigenvalue weighted by atomic mass is 10.0. The van der Waals surface area contributed by atoms with Crippen LogP contribution < -0.4 is 19.6 Å². The Balaban J connectivity index is 1.58. The number of para-hydroxylation sites is 1. The zero-order chi connectivity index (χ0) is 19.8. The minimum atomic E-state index is -0.242. The van der Waals surface area contributed by atoms with E-state index in [0.717, 1.165) is 39.6 Å². The summed E-state index contributed by atoms with van der Waals surface area (Å²) in [6.45, 7) is 0. The molecular weight excluding hydrogens is 364 g/mol. The molecule has 2 aliphatic heterocycles. The number of nitrogens with zero attached hydrogens (tertiary/aromatic N) is 1. The van der Waals surface area contributed by atoms with Gasteiger partial charge >= 0.3 is 0 Å². The normalized spacial score (nSPS) is 20.0. The molecule has 0 aliphatic carbocycles. The third-order valence-electron chi connectivity index (χ3n) is 5.39. The van der Waals surface area contributed by atoms with Crippen molar-refractivity contribution < 1.29 is 14.2 Å². The SMILES string of the molecule is COc1ccc(C2=C[C@@H]3c4ccccc4O[C@@H](c4ccccc4)N3N2)c(OC)c1. The van der Waals surface area contributed by atoms with E-state index >= 15 is 0 Å². The number of fused-ring (bicyclic) bond motifs is 3. The van der Waals surface area contributed by atoms with Crippen LogP contribution in [0.5, 0.6) is 17.2 Å². The second-order valence-electron chi connectivity index (χ2n) is 7.03. The molecule has 2 atom stereocenters. The molecule has 3 aromatic carbocycles.